The number of hydrogen-bond acceptors (Lipinski definition) is 3. The Bertz CT molecular complexity index is 487. The lowest BCUT2D eigenvalue weighted by Crippen LogP contribution is -2.41. The molecule has 1 aromatic rings. The molecule has 1 aliphatic heterocycles. The fourth-order valence-electron chi connectivity index (χ4n) is 2.99. The molecule has 0 radical (unpaired) electrons. The molecule has 110 valence electrons. The molecule has 0 saturated carbocycles. The van der Waals surface area contributed by atoms with Gasteiger partial charge in [0.1, 0.15) is 0 Å². The summed E-state index contributed by atoms with van der Waals surface area (Å²) in [5.41, 5.74) is 8.20. The monoisotopic (exact) mass is 275 g/mol. The van der Waals surface area contributed by atoms with Gasteiger partial charge in [-0.25, -0.2) is 0 Å². The van der Waals surface area contributed by atoms with Crippen LogP contribution in [0, 0.1) is 6.92 Å². The molecule has 20 heavy (non-hydrogen) atoms. The molecule has 0 aliphatic carbocycles. The standard InChI is InChI=1S/C16H25N3O/c1-4-19-10-6-8-13(19)11-18(3)16(20)14-9-5-7-12(2)15(14)17/h5,7,9,13H,4,6,8,10-11,17H2,1-3H3. The molecule has 4 nitrogen and oxygen atoms in total. The van der Waals surface area contributed by atoms with Gasteiger partial charge in [0, 0.05) is 25.3 Å². The molecule has 1 saturated heterocycles. The van der Waals surface area contributed by atoms with Gasteiger partial charge in [-0.3, -0.25) is 9.69 Å². The van der Waals surface area contributed by atoms with E-state index in [1.807, 2.05) is 37.1 Å². The number of carbonyl (C=O) groups excluding carboxylic acids is 1. The van der Waals surface area contributed by atoms with Crippen LogP contribution in [0.1, 0.15) is 35.7 Å². The first-order valence-corrected chi connectivity index (χ1v) is 7.39. The number of anilines is 1. The lowest BCUT2D eigenvalue weighted by atomic mass is 10.1. The first-order valence-electron chi connectivity index (χ1n) is 7.39. The Kier molecular flexibility index (Phi) is 4.65. The highest BCUT2D eigenvalue weighted by atomic mass is 16.2. The van der Waals surface area contributed by atoms with E-state index in [4.69, 9.17) is 5.73 Å². The largest absolute Gasteiger partial charge is 0.398 e. The molecule has 1 fully saturated rings. The Labute approximate surface area is 121 Å². The van der Waals surface area contributed by atoms with Crippen LogP contribution in [0.2, 0.25) is 0 Å². The average molecular weight is 275 g/mol. The van der Waals surface area contributed by atoms with Gasteiger partial charge in [-0.05, 0) is 44.5 Å². The third-order valence-corrected chi connectivity index (χ3v) is 4.29. The first-order chi connectivity index (χ1) is 9.54. The van der Waals surface area contributed by atoms with Crippen molar-refractivity contribution in [3.05, 3.63) is 29.3 Å². The van der Waals surface area contributed by atoms with Crippen molar-refractivity contribution in [2.24, 2.45) is 0 Å². The second kappa shape index (κ2) is 6.27. The second-order valence-corrected chi connectivity index (χ2v) is 5.65. The summed E-state index contributed by atoms with van der Waals surface area (Å²) in [7, 11) is 1.87. The maximum Gasteiger partial charge on any atom is 0.255 e. The van der Waals surface area contributed by atoms with Crippen LogP contribution >= 0.6 is 0 Å². The van der Waals surface area contributed by atoms with Gasteiger partial charge in [0.15, 0.2) is 0 Å². The fourth-order valence-corrected chi connectivity index (χ4v) is 2.99. The van der Waals surface area contributed by atoms with Crippen LogP contribution in [-0.4, -0.2) is 48.4 Å². The van der Waals surface area contributed by atoms with Gasteiger partial charge in [0.05, 0.1) is 5.56 Å². The van der Waals surface area contributed by atoms with E-state index in [1.165, 1.54) is 12.8 Å². The SMILES string of the molecule is CCN1CCCC1CN(C)C(=O)c1cccc(C)c1N. The van der Waals surface area contributed by atoms with E-state index in [1.54, 1.807) is 0 Å². The number of nitrogens with zero attached hydrogens (tertiary/aromatic N) is 2. The lowest BCUT2D eigenvalue weighted by Gasteiger charge is -2.28. The van der Waals surface area contributed by atoms with Crippen LogP contribution in [0.25, 0.3) is 0 Å². The maximum atomic E-state index is 12.5. The fraction of sp³-hybridized carbons (Fsp3) is 0.562. The zero-order chi connectivity index (χ0) is 14.7. The molecular weight excluding hydrogens is 250 g/mol. The highest BCUT2D eigenvalue weighted by Gasteiger charge is 2.26. The normalized spacial score (nSPS) is 19.2. The van der Waals surface area contributed by atoms with Crippen molar-refractivity contribution >= 4 is 11.6 Å². The minimum Gasteiger partial charge on any atom is -0.398 e. The number of nitrogen functional groups attached to an aromatic ring is 1. The third-order valence-electron chi connectivity index (χ3n) is 4.29. The van der Waals surface area contributed by atoms with Crippen LogP contribution in [0.15, 0.2) is 18.2 Å². The third kappa shape index (κ3) is 2.96. The van der Waals surface area contributed by atoms with Crippen molar-refractivity contribution in [3.63, 3.8) is 0 Å². The highest BCUT2D eigenvalue weighted by molar-refractivity contribution is 5.99. The molecular formula is C16H25N3O. The minimum atomic E-state index is 0.0224. The average Bonchev–Trinajstić information content (AvgIpc) is 2.88. The molecule has 4 heteroatoms. The van der Waals surface area contributed by atoms with Crippen LogP contribution < -0.4 is 5.73 Å². The van der Waals surface area contributed by atoms with Crippen LogP contribution in [-0.2, 0) is 0 Å². The predicted molar refractivity (Wildman–Crippen MR) is 82.8 cm³/mol. The number of hydrogen-bond donors (Lipinski definition) is 1. The van der Waals surface area contributed by atoms with Crippen LogP contribution in [0.5, 0.6) is 0 Å². The summed E-state index contributed by atoms with van der Waals surface area (Å²) in [4.78, 5) is 16.8. The van der Waals surface area contributed by atoms with E-state index < -0.39 is 0 Å². The summed E-state index contributed by atoms with van der Waals surface area (Å²) in [6, 6.07) is 6.12. The highest BCUT2D eigenvalue weighted by Crippen LogP contribution is 2.21. The number of benzene rings is 1. The van der Waals surface area contributed by atoms with E-state index in [-0.39, 0.29) is 5.91 Å². The zero-order valence-corrected chi connectivity index (χ0v) is 12.7. The number of likely N-dealkylation sites (N-methyl/N-ethyl adjacent to an activating group) is 2. The molecule has 1 aliphatic rings. The quantitative estimate of drug-likeness (QED) is 0.856. The predicted octanol–water partition coefficient (Wildman–Crippen LogP) is 2.13. The molecule has 2 N–H and O–H groups in total. The Morgan fingerprint density at radius 3 is 2.95 bits per heavy atom. The maximum absolute atomic E-state index is 12.5. The number of carbonyl (C=O) groups is 1. The molecule has 1 amide bonds. The van der Waals surface area contributed by atoms with Gasteiger partial charge in [-0.15, -0.1) is 0 Å². The van der Waals surface area contributed by atoms with Crippen molar-refractivity contribution in [1.82, 2.24) is 9.80 Å². The second-order valence-electron chi connectivity index (χ2n) is 5.65. The molecule has 1 unspecified atom stereocenters. The van der Waals surface area contributed by atoms with Crippen molar-refractivity contribution in [2.45, 2.75) is 32.7 Å². The van der Waals surface area contributed by atoms with Gasteiger partial charge in [0.25, 0.3) is 5.91 Å². The van der Waals surface area contributed by atoms with E-state index >= 15 is 0 Å². The van der Waals surface area contributed by atoms with Crippen LogP contribution in [0.3, 0.4) is 0 Å². The number of likely N-dealkylation sites (tertiary alicyclic amines) is 1. The van der Waals surface area contributed by atoms with Crippen molar-refractivity contribution < 1.29 is 4.79 Å². The molecule has 1 aromatic carbocycles. The zero-order valence-electron chi connectivity index (χ0n) is 12.7. The molecule has 0 aromatic heterocycles. The minimum absolute atomic E-state index is 0.0224. The van der Waals surface area contributed by atoms with E-state index in [0.29, 0.717) is 17.3 Å². The van der Waals surface area contributed by atoms with Crippen molar-refractivity contribution in [1.29, 1.82) is 0 Å². The smallest absolute Gasteiger partial charge is 0.255 e. The topological polar surface area (TPSA) is 49.6 Å². The van der Waals surface area contributed by atoms with E-state index in [9.17, 15) is 4.79 Å². The molecule has 1 atom stereocenters. The molecule has 0 bridgehead atoms. The van der Waals surface area contributed by atoms with E-state index in [0.717, 1.165) is 25.2 Å². The Hall–Kier alpha value is -1.55. The Balaban J connectivity index is 2.07. The summed E-state index contributed by atoms with van der Waals surface area (Å²) < 4.78 is 0. The number of amides is 1. The number of rotatable bonds is 4. The summed E-state index contributed by atoms with van der Waals surface area (Å²) in [5, 5.41) is 0. The number of aryl methyl sites for hydroxylation is 1. The molecule has 2 rings (SSSR count). The summed E-state index contributed by atoms with van der Waals surface area (Å²) in [6.07, 6.45) is 2.40. The summed E-state index contributed by atoms with van der Waals surface area (Å²) in [5.74, 6) is 0.0224. The van der Waals surface area contributed by atoms with Gasteiger partial charge in [-0.1, -0.05) is 19.1 Å². The Morgan fingerprint density at radius 1 is 1.50 bits per heavy atom. The van der Waals surface area contributed by atoms with Gasteiger partial charge < -0.3 is 10.6 Å². The summed E-state index contributed by atoms with van der Waals surface area (Å²) in [6.45, 7) is 7.09. The molecule has 1 heterocycles. The lowest BCUT2D eigenvalue weighted by molar-refractivity contribution is 0.0755. The van der Waals surface area contributed by atoms with Crippen molar-refractivity contribution in [2.75, 3.05) is 32.4 Å². The van der Waals surface area contributed by atoms with Gasteiger partial charge >= 0.3 is 0 Å². The van der Waals surface area contributed by atoms with Crippen molar-refractivity contribution in [3.8, 4) is 0 Å². The summed E-state index contributed by atoms with van der Waals surface area (Å²) >= 11 is 0. The van der Waals surface area contributed by atoms with Gasteiger partial charge in [-0.2, -0.15) is 0 Å². The first kappa shape index (κ1) is 14.9. The number of nitrogens with two attached hydrogens (primary N) is 1. The van der Waals surface area contributed by atoms with E-state index in [2.05, 4.69) is 11.8 Å². The molecule has 0 spiro atoms. The number of para-hydroxylation sites is 1. The Morgan fingerprint density at radius 2 is 2.25 bits per heavy atom. The van der Waals surface area contributed by atoms with Gasteiger partial charge in [0.2, 0.25) is 0 Å². The van der Waals surface area contributed by atoms with Crippen LogP contribution in [0.4, 0.5) is 5.69 Å².